The molecule has 1 atom stereocenters. The molecule has 0 aromatic heterocycles. The fourth-order valence-corrected chi connectivity index (χ4v) is 1.20. The van der Waals surface area contributed by atoms with Crippen molar-refractivity contribution in [1.82, 2.24) is 0 Å². The van der Waals surface area contributed by atoms with Gasteiger partial charge in [-0.15, -0.1) is 0 Å². The summed E-state index contributed by atoms with van der Waals surface area (Å²) in [4.78, 5) is 4.01. The summed E-state index contributed by atoms with van der Waals surface area (Å²) in [6, 6.07) is 0. The third-order valence-corrected chi connectivity index (χ3v) is 2.50. The fraction of sp³-hybridized carbons (Fsp3) is 0.643. The number of aliphatic imine (C=N–C) groups is 1. The molecule has 0 aliphatic carbocycles. The zero-order valence-electron chi connectivity index (χ0n) is 11.5. The second-order valence-electron chi connectivity index (χ2n) is 5.01. The highest BCUT2D eigenvalue weighted by molar-refractivity contribution is 5.79. The highest BCUT2D eigenvalue weighted by atomic mass is 19.3. The Bertz CT molecular complexity index is 328. The number of halogens is 3. The molecule has 0 aliphatic heterocycles. The van der Waals surface area contributed by atoms with Crippen molar-refractivity contribution in [1.29, 1.82) is 0 Å². The standard InChI is InChI=1S/C14H22F3N/c1-10(2)8-12(11(3)4)9-18-7-6-14(5,17)13(15)16/h8-9,11,13H,1,6-7H2,2-5H3/b12-8+,18-9-. The summed E-state index contributed by atoms with van der Waals surface area (Å²) in [6.45, 7) is 10.6. The molecule has 4 heteroatoms. The summed E-state index contributed by atoms with van der Waals surface area (Å²) >= 11 is 0. The molecule has 0 saturated heterocycles. The molecule has 0 aromatic rings. The van der Waals surface area contributed by atoms with Crippen LogP contribution in [0.4, 0.5) is 13.2 Å². The molecule has 104 valence electrons. The van der Waals surface area contributed by atoms with E-state index in [4.69, 9.17) is 0 Å². The Morgan fingerprint density at radius 3 is 2.33 bits per heavy atom. The molecule has 0 spiro atoms. The summed E-state index contributed by atoms with van der Waals surface area (Å²) in [6.07, 6.45) is 0.249. The highest BCUT2D eigenvalue weighted by Crippen LogP contribution is 2.24. The predicted octanol–water partition coefficient (Wildman–Crippen LogP) is 4.60. The lowest BCUT2D eigenvalue weighted by Gasteiger charge is -2.17. The van der Waals surface area contributed by atoms with E-state index in [1.54, 1.807) is 6.21 Å². The first-order valence-electron chi connectivity index (χ1n) is 6.01. The van der Waals surface area contributed by atoms with Crippen LogP contribution in [-0.4, -0.2) is 24.9 Å². The van der Waals surface area contributed by atoms with Crippen molar-refractivity contribution in [3.63, 3.8) is 0 Å². The fourth-order valence-electron chi connectivity index (χ4n) is 1.20. The maximum absolute atomic E-state index is 13.3. The number of hydrogen-bond donors (Lipinski definition) is 0. The van der Waals surface area contributed by atoms with E-state index in [-0.39, 0.29) is 18.9 Å². The van der Waals surface area contributed by atoms with Crippen molar-refractivity contribution in [3.05, 3.63) is 23.8 Å². The smallest absolute Gasteiger partial charge is 0.271 e. The Hall–Kier alpha value is -1.06. The molecular formula is C14H22F3N. The van der Waals surface area contributed by atoms with Crippen molar-refractivity contribution in [2.24, 2.45) is 10.9 Å². The third-order valence-electron chi connectivity index (χ3n) is 2.50. The molecule has 0 N–H and O–H groups in total. The van der Waals surface area contributed by atoms with Crippen LogP contribution in [0.1, 0.15) is 34.1 Å². The summed E-state index contributed by atoms with van der Waals surface area (Å²) < 4.78 is 37.8. The molecule has 0 radical (unpaired) electrons. The van der Waals surface area contributed by atoms with Crippen molar-refractivity contribution >= 4 is 6.21 Å². The Kier molecular flexibility index (Phi) is 6.96. The van der Waals surface area contributed by atoms with Crippen LogP contribution in [0, 0.1) is 5.92 Å². The van der Waals surface area contributed by atoms with Gasteiger partial charge in [0.25, 0.3) is 6.43 Å². The first-order valence-corrected chi connectivity index (χ1v) is 6.01. The molecule has 0 saturated carbocycles. The minimum atomic E-state index is -2.97. The van der Waals surface area contributed by atoms with Gasteiger partial charge in [-0.3, -0.25) is 4.99 Å². The van der Waals surface area contributed by atoms with Gasteiger partial charge in [-0.1, -0.05) is 32.1 Å². The largest absolute Gasteiger partial charge is 0.293 e. The highest BCUT2D eigenvalue weighted by Gasteiger charge is 2.33. The maximum atomic E-state index is 13.3. The van der Waals surface area contributed by atoms with Crippen LogP contribution in [0.3, 0.4) is 0 Å². The van der Waals surface area contributed by atoms with Gasteiger partial charge in [0.15, 0.2) is 5.67 Å². The summed E-state index contributed by atoms with van der Waals surface area (Å²) in [7, 11) is 0. The second kappa shape index (κ2) is 7.39. The molecule has 0 amide bonds. The van der Waals surface area contributed by atoms with E-state index in [9.17, 15) is 13.2 Å². The SMILES string of the molecule is C=C(C)/C=C(\C=N/CCC(C)(F)C(F)F)C(C)C. The lowest BCUT2D eigenvalue weighted by atomic mass is 10.0. The van der Waals surface area contributed by atoms with Crippen LogP contribution >= 0.6 is 0 Å². The van der Waals surface area contributed by atoms with Crippen molar-refractivity contribution in [2.45, 2.75) is 46.2 Å². The van der Waals surface area contributed by atoms with Gasteiger partial charge in [0.05, 0.1) is 0 Å². The van der Waals surface area contributed by atoms with Crippen molar-refractivity contribution in [2.75, 3.05) is 6.54 Å². The number of allylic oxidation sites excluding steroid dienone is 3. The molecule has 1 unspecified atom stereocenters. The monoisotopic (exact) mass is 261 g/mol. The second-order valence-corrected chi connectivity index (χ2v) is 5.01. The number of hydrogen-bond acceptors (Lipinski definition) is 1. The minimum Gasteiger partial charge on any atom is -0.293 e. The molecule has 0 rings (SSSR count). The van der Waals surface area contributed by atoms with E-state index in [1.165, 1.54) is 0 Å². The lowest BCUT2D eigenvalue weighted by molar-refractivity contribution is -0.0255. The summed E-state index contributed by atoms with van der Waals surface area (Å²) in [5, 5.41) is 0. The van der Waals surface area contributed by atoms with E-state index < -0.39 is 12.1 Å². The van der Waals surface area contributed by atoms with Crippen LogP contribution in [0.5, 0.6) is 0 Å². The van der Waals surface area contributed by atoms with Gasteiger partial charge in [0, 0.05) is 19.2 Å². The maximum Gasteiger partial charge on any atom is 0.271 e. The van der Waals surface area contributed by atoms with E-state index >= 15 is 0 Å². The van der Waals surface area contributed by atoms with Gasteiger partial charge in [-0.05, 0) is 25.3 Å². The molecule has 0 bridgehead atoms. The van der Waals surface area contributed by atoms with Gasteiger partial charge < -0.3 is 0 Å². The topological polar surface area (TPSA) is 12.4 Å². The zero-order valence-corrected chi connectivity index (χ0v) is 11.5. The van der Waals surface area contributed by atoms with Crippen molar-refractivity contribution < 1.29 is 13.2 Å². The Morgan fingerprint density at radius 1 is 1.39 bits per heavy atom. The molecule has 0 heterocycles. The molecule has 0 aliphatic rings. The van der Waals surface area contributed by atoms with Gasteiger partial charge in [-0.25, -0.2) is 13.2 Å². The number of alkyl halides is 3. The van der Waals surface area contributed by atoms with Crippen LogP contribution in [0.2, 0.25) is 0 Å². The van der Waals surface area contributed by atoms with Crippen LogP contribution in [0.15, 0.2) is 28.8 Å². The van der Waals surface area contributed by atoms with Gasteiger partial charge >= 0.3 is 0 Å². The average Bonchev–Trinajstić information content (AvgIpc) is 2.21. The molecule has 0 aromatic carbocycles. The predicted molar refractivity (Wildman–Crippen MR) is 71.2 cm³/mol. The molecule has 1 nitrogen and oxygen atoms in total. The Balaban J connectivity index is 4.43. The summed E-state index contributed by atoms with van der Waals surface area (Å²) in [5.74, 6) is 0.261. The van der Waals surface area contributed by atoms with E-state index in [1.807, 2.05) is 26.8 Å². The van der Waals surface area contributed by atoms with Crippen LogP contribution in [0.25, 0.3) is 0 Å². The van der Waals surface area contributed by atoms with Crippen LogP contribution < -0.4 is 0 Å². The normalized spacial score (nSPS) is 16.6. The first-order chi connectivity index (χ1) is 8.16. The average molecular weight is 261 g/mol. The first kappa shape index (κ1) is 16.9. The van der Waals surface area contributed by atoms with Gasteiger partial charge in [0.2, 0.25) is 0 Å². The zero-order chi connectivity index (χ0) is 14.3. The van der Waals surface area contributed by atoms with E-state index in [0.717, 1.165) is 18.1 Å². The van der Waals surface area contributed by atoms with Gasteiger partial charge in [0.1, 0.15) is 0 Å². The molecule has 18 heavy (non-hydrogen) atoms. The summed E-state index contributed by atoms with van der Waals surface area (Å²) in [5.41, 5.74) is -0.610. The number of nitrogens with zero attached hydrogens (tertiary/aromatic N) is 1. The Labute approximate surface area is 107 Å². The van der Waals surface area contributed by atoms with E-state index in [0.29, 0.717) is 0 Å². The molecule has 0 fully saturated rings. The molecular weight excluding hydrogens is 239 g/mol. The lowest BCUT2D eigenvalue weighted by Crippen LogP contribution is -2.28. The van der Waals surface area contributed by atoms with Crippen molar-refractivity contribution in [3.8, 4) is 0 Å². The minimum absolute atomic E-state index is 0.0532. The Morgan fingerprint density at radius 2 is 1.94 bits per heavy atom. The third kappa shape index (κ3) is 6.62. The van der Waals surface area contributed by atoms with Crippen LogP contribution in [-0.2, 0) is 0 Å². The van der Waals surface area contributed by atoms with Gasteiger partial charge in [-0.2, -0.15) is 0 Å². The quantitative estimate of drug-likeness (QED) is 0.469. The number of rotatable bonds is 7. The van der Waals surface area contributed by atoms with E-state index in [2.05, 4.69) is 11.6 Å².